The lowest BCUT2D eigenvalue weighted by Crippen LogP contribution is -2.03. The van der Waals surface area contributed by atoms with Crippen molar-refractivity contribution in [2.75, 3.05) is 19.0 Å². The van der Waals surface area contributed by atoms with Gasteiger partial charge in [0.1, 0.15) is 5.75 Å². The van der Waals surface area contributed by atoms with E-state index in [1.54, 1.807) is 19.2 Å². The first-order valence-electron chi connectivity index (χ1n) is 4.63. The van der Waals surface area contributed by atoms with Crippen LogP contribution in [0.3, 0.4) is 0 Å². The lowest BCUT2D eigenvalue weighted by Gasteiger charge is -2.10. The second-order valence-electron chi connectivity index (χ2n) is 3.34. The highest BCUT2D eigenvalue weighted by Gasteiger charge is 2.03. The zero-order chi connectivity index (χ0) is 11.3. The standard InChI is InChI=1S/C12H14N2O/c1-9(2)8-14-11-5-4-10(7-13)6-12(11)15-3/h4-6,14H,1,8H2,2-3H3. The first-order chi connectivity index (χ1) is 7.17. The van der Waals surface area contributed by atoms with Crippen LogP contribution in [0.15, 0.2) is 30.4 Å². The molecule has 0 unspecified atom stereocenters. The number of anilines is 1. The maximum Gasteiger partial charge on any atom is 0.143 e. The summed E-state index contributed by atoms with van der Waals surface area (Å²) in [5.41, 5.74) is 2.51. The van der Waals surface area contributed by atoms with Crippen LogP contribution in [0.1, 0.15) is 12.5 Å². The SMILES string of the molecule is C=C(C)CNc1ccc(C#N)cc1OC. The minimum atomic E-state index is 0.590. The normalized spacial score (nSPS) is 9.13. The van der Waals surface area contributed by atoms with E-state index < -0.39 is 0 Å². The van der Waals surface area contributed by atoms with Crippen LogP contribution in [0, 0.1) is 11.3 Å². The van der Waals surface area contributed by atoms with Gasteiger partial charge in [0, 0.05) is 12.6 Å². The van der Waals surface area contributed by atoms with Crippen molar-refractivity contribution < 1.29 is 4.74 Å². The van der Waals surface area contributed by atoms with Crippen molar-refractivity contribution in [3.8, 4) is 11.8 Å². The summed E-state index contributed by atoms with van der Waals surface area (Å²) < 4.78 is 5.18. The number of ether oxygens (including phenoxy) is 1. The van der Waals surface area contributed by atoms with Crippen molar-refractivity contribution in [2.45, 2.75) is 6.92 Å². The van der Waals surface area contributed by atoms with Gasteiger partial charge in [-0.25, -0.2) is 0 Å². The predicted molar refractivity (Wildman–Crippen MR) is 61.0 cm³/mol. The van der Waals surface area contributed by atoms with Crippen LogP contribution in [0.5, 0.6) is 5.75 Å². The number of nitrogens with one attached hydrogen (secondary N) is 1. The second-order valence-corrected chi connectivity index (χ2v) is 3.34. The molecule has 1 aromatic carbocycles. The highest BCUT2D eigenvalue weighted by Crippen LogP contribution is 2.25. The Labute approximate surface area is 90.0 Å². The third-order valence-corrected chi connectivity index (χ3v) is 1.91. The smallest absolute Gasteiger partial charge is 0.143 e. The second kappa shape index (κ2) is 5.06. The minimum Gasteiger partial charge on any atom is -0.495 e. The van der Waals surface area contributed by atoms with Crippen LogP contribution in [0.25, 0.3) is 0 Å². The first kappa shape index (κ1) is 11.1. The molecular weight excluding hydrogens is 188 g/mol. The highest BCUT2D eigenvalue weighted by molar-refractivity contribution is 5.59. The predicted octanol–water partition coefficient (Wildman–Crippen LogP) is 2.55. The molecule has 0 saturated heterocycles. The fourth-order valence-corrected chi connectivity index (χ4v) is 1.15. The van der Waals surface area contributed by atoms with Crippen molar-refractivity contribution in [1.82, 2.24) is 0 Å². The van der Waals surface area contributed by atoms with E-state index in [2.05, 4.69) is 18.0 Å². The lowest BCUT2D eigenvalue weighted by molar-refractivity contribution is 0.416. The first-order valence-corrected chi connectivity index (χ1v) is 4.63. The van der Waals surface area contributed by atoms with Gasteiger partial charge >= 0.3 is 0 Å². The average molecular weight is 202 g/mol. The molecule has 0 spiro atoms. The van der Waals surface area contributed by atoms with E-state index in [4.69, 9.17) is 10.00 Å². The Hall–Kier alpha value is -1.95. The molecule has 15 heavy (non-hydrogen) atoms. The number of nitrogens with zero attached hydrogens (tertiary/aromatic N) is 1. The number of hydrogen-bond acceptors (Lipinski definition) is 3. The number of benzene rings is 1. The van der Waals surface area contributed by atoms with Crippen molar-refractivity contribution in [2.24, 2.45) is 0 Å². The van der Waals surface area contributed by atoms with Gasteiger partial charge in [0.15, 0.2) is 0 Å². The Balaban J connectivity index is 2.88. The summed E-state index contributed by atoms with van der Waals surface area (Å²) >= 11 is 0. The Morgan fingerprint density at radius 1 is 1.60 bits per heavy atom. The van der Waals surface area contributed by atoms with E-state index in [-0.39, 0.29) is 0 Å². The summed E-state index contributed by atoms with van der Waals surface area (Å²) in [6, 6.07) is 7.36. The number of nitriles is 1. The fraction of sp³-hybridized carbons (Fsp3) is 0.250. The summed E-state index contributed by atoms with van der Waals surface area (Å²) in [6.07, 6.45) is 0. The molecule has 0 aliphatic heterocycles. The topological polar surface area (TPSA) is 45.0 Å². The molecule has 1 rings (SSSR count). The number of methoxy groups -OCH3 is 1. The molecule has 0 aliphatic rings. The van der Waals surface area contributed by atoms with Gasteiger partial charge in [-0.2, -0.15) is 5.26 Å². The molecule has 0 saturated carbocycles. The molecule has 1 aromatic rings. The summed E-state index contributed by atoms with van der Waals surface area (Å²) in [4.78, 5) is 0. The highest BCUT2D eigenvalue weighted by atomic mass is 16.5. The van der Waals surface area contributed by atoms with Crippen LogP contribution < -0.4 is 10.1 Å². The molecule has 78 valence electrons. The summed E-state index contributed by atoms with van der Waals surface area (Å²) in [5.74, 6) is 0.676. The minimum absolute atomic E-state index is 0.590. The van der Waals surface area contributed by atoms with Crippen LogP contribution in [-0.2, 0) is 0 Å². The third-order valence-electron chi connectivity index (χ3n) is 1.91. The van der Waals surface area contributed by atoms with E-state index in [0.29, 0.717) is 17.9 Å². The van der Waals surface area contributed by atoms with Crippen molar-refractivity contribution in [3.63, 3.8) is 0 Å². The number of hydrogen-bond donors (Lipinski definition) is 1. The zero-order valence-corrected chi connectivity index (χ0v) is 9.00. The Morgan fingerprint density at radius 3 is 2.87 bits per heavy atom. The van der Waals surface area contributed by atoms with Gasteiger partial charge in [0.05, 0.1) is 24.4 Å². The molecule has 0 amide bonds. The van der Waals surface area contributed by atoms with Crippen LogP contribution >= 0.6 is 0 Å². The maximum absolute atomic E-state index is 8.73. The van der Waals surface area contributed by atoms with Gasteiger partial charge in [-0.05, 0) is 19.1 Å². The van der Waals surface area contributed by atoms with Gasteiger partial charge in [0.25, 0.3) is 0 Å². The molecule has 3 heteroatoms. The molecule has 0 aromatic heterocycles. The monoisotopic (exact) mass is 202 g/mol. The van der Waals surface area contributed by atoms with Gasteiger partial charge in [-0.3, -0.25) is 0 Å². The average Bonchev–Trinajstić information content (AvgIpc) is 2.25. The van der Waals surface area contributed by atoms with Crippen LogP contribution in [0.4, 0.5) is 5.69 Å². The molecule has 0 bridgehead atoms. The Bertz CT molecular complexity index is 405. The van der Waals surface area contributed by atoms with Gasteiger partial charge in [0.2, 0.25) is 0 Å². The lowest BCUT2D eigenvalue weighted by atomic mass is 10.2. The molecule has 0 heterocycles. The van der Waals surface area contributed by atoms with Gasteiger partial charge in [-0.1, -0.05) is 12.2 Å². The van der Waals surface area contributed by atoms with Crippen LogP contribution in [-0.4, -0.2) is 13.7 Å². The van der Waals surface area contributed by atoms with Crippen molar-refractivity contribution in [1.29, 1.82) is 5.26 Å². The molecule has 0 atom stereocenters. The maximum atomic E-state index is 8.73. The molecule has 3 nitrogen and oxygen atoms in total. The summed E-state index contributed by atoms with van der Waals surface area (Å²) in [7, 11) is 1.59. The number of rotatable bonds is 4. The fourth-order valence-electron chi connectivity index (χ4n) is 1.15. The zero-order valence-electron chi connectivity index (χ0n) is 9.00. The van der Waals surface area contributed by atoms with Crippen molar-refractivity contribution in [3.05, 3.63) is 35.9 Å². The molecule has 1 N–H and O–H groups in total. The summed E-state index contributed by atoms with van der Waals surface area (Å²) in [6.45, 7) is 6.45. The third kappa shape index (κ3) is 3.03. The van der Waals surface area contributed by atoms with E-state index in [0.717, 1.165) is 11.3 Å². The molecule has 0 fully saturated rings. The van der Waals surface area contributed by atoms with Gasteiger partial charge in [-0.15, -0.1) is 0 Å². The molecule has 0 radical (unpaired) electrons. The van der Waals surface area contributed by atoms with Gasteiger partial charge < -0.3 is 10.1 Å². The van der Waals surface area contributed by atoms with E-state index in [1.165, 1.54) is 0 Å². The van der Waals surface area contributed by atoms with E-state index in [1.807, 2.05) is 13.0 Å². The van der Waals surface area contributed by atoms with E-state index >= 15 is 0 Å². The quantitative estimate of drug-likeness (QED) is 0.763. The van der Waals surface area contributed by atoms with Crippen LogP contribution in [0.2, 0.25) is 0 Å². The van der Waals surface area contributed by atoms with Crippen molar-refractivity contribution >= 4 is 5.69 Å². The molecular formula is C12H14N2O. The molecule has 0 aliphatic carbocycles. The largest absolute Gasteiger partial charge is 0.495 e. The summed E-state index contributed by atoms with van der Waals surface area (Å²) in [5, 5.41) is 11.9. The van der Waals surface area contributed by atoms with E-state index in [9.17, 15) is 0 Å². The Morgan fingerprint density at radius 2 is 2.33 bits per heavy atom. The Kier molecular flexibility index (Phi) is 3.75.